The quantitative estimate of drug-likeness (QED) is 0.154. The molecule has 0 bridgehead atoms. The van der Waals surface area contributed by atoms with Crippen LogP contribution in [-0.4, -0.2) is 57.1 Å². The van der Waals surface area contributed by atoms with Gasteiger partial charge in [-0.25, -0.2) is 0 Å². The second kappa shape index (κ2) is 18.9. The van der Waals surface area contributed by atoms with Crippen molar-refractivity contribution in [1.82, 2.24) is 0 Å². The SMILES string of the molecule is CCCCC[C@@H](C)CCOC(CC)C[C@H](CC1C[C@H](OCCCC)CC(CC=O)O1)OC. The van der Waals surface area contributed by atoms with Crippen molar-refractivity contribution in [2.75, 3.05) is 20.3 Å². The molecule has 0 amide bonds. The molecule has 5 heteroatoms. The van der Waals surface area contributed by atoms with E-state index in [0.717, 1.165) is 76.8 Å². The summed E-state index contributed by atoms with van der Waals surface area (Å²) in [4.78, 5) is 11.1. The van der Waals surface area contributed by atoms with Crippen molar-refractivity contribution < 1.29 is 23.7 Å². The molecule has 1 heterocycles. The zero-order valence-electron chi connectivity index (χ0n) is 21.7. The van der Waals surface area contributed by atoms with Crippen molar-refractivity contribution in [3.63, 3.8) is 0 Å². The number of hydrogen-bond acceptors (Lipinski definition) is 5. The average molecular weight is 457 g/mol. The lowest BCUT2D eigenvalue weighted by atomic mass is 9.94. The standard InChI is InChI=1S/C27H52O5/c1-6-9-11-12-22(4)14-17-31-23(8-3)18-25(29-5)20-27-21-26(30-16-10-7-2)19-24(32-27)13-15-28/h15,22-27H,6-14,16-21H2,1-5H3/t22-,23?,24?,25-,26-,27?/m1/s1. The highest BCUT2D eigenvalue weighted by Crippen LogP contribution is 2.28. The highest BCUT2D eigenvalue weighted by atomic mass is 16.5. The molecule has 0 aliphatic carbocycles. The third kappa shape index (κ3) is 13.3. The van der Waals surface area contributed by atoms with Gasteiger partial charge in [-0.2, -0.15) is 0 Å². The number of carbonyl (C=O) groups is 1. The molecule has 0 radical (unpaired) electrons. The van der Waals surface area contributed by atoms with E-state index in [1.165, 1.54) is 25.7 Å². The van der Waals surface area contributed by atoms with Crippen molar-refractivity contribution in [2.24, 2.45) is 5.92 Å². The summed E-state index contributed by atoms with van der Waals surface area (Å²) in [6.07, 6.45) is 14.9. The summed E-state index contributed by atoms with van der Waals surface area (Å²) < 4.78 is 24.4. The molecule has 0 aromatic carbocycles. The van der Waals surface area contributed by atoms with E-state index in [0.29, 0.717) is 6.42 Å². The minimum absolute atomic E-state index is 0.0391. The van der Waals surface area contributed by atoms with Crippen LogP contribution < -0.4 is 0 Å². The van der Waals surface area contributed by atoms with Crippen LogP contribution in [0.4, 0.5) is 0 Å². The largest absolute Gasteiger partial charge is 0.381 e. The normalized spacial score (nSPS) is 24.2. The molecule has 3 unspecified atom stereocenters. The molecule has 0 aromatic heterocycles. The lowest BCUT2D eigenvalue weighted by molar-refractivity contribution is -0.137. The van der Waals surface area contributed by atoms with Gasteiger partial charge in [0.25, 0.3) is 0 Å². The van der Waals surface area contributed by atoms with E-state index in [-0.39, 0.29) is 30.5 Å². The summed E-state index contributed by atoms with van der Waals surface area (Å²) >= 11 is 0. The number of ether oxygens (including phenoxy) is 4. The van der Waals surface area contributed by atoms with Crippen LogP contribution >= 0.6 is 0 Å². The third-order valence-electron chi connectivity index (χ3n) is 6.75. The Balaban J connectivity index is 2.47. The molecule has 1 fully saturated rings. The fourth-order valence-corrected chi connectivity index (χ4v) is 4.56. The Labute approximate surface area is 198 Å². The number of rotatable bonds is 20. The fourth-order valence-electron chi connectivity index (χ4n) is 4.56. The van der Waals surface area contributed by atoms with Crippen molar-refractivity contribution in [2.45, 2.75) is 142 Å². The molecule has 5 nitrogen and oxygen atoms in total. The monoisotopic (exact) mass is 456 g/mol. The molecule has 1 rings (SSSR count). The van der Waals surface area contributed by atoms with Gasteiger partial charge < -0.3 is 23.7 Å². The summed E-state index contributed by atoms with van der Waals surface area (Å²) in [5.74, 6) is 0.729. The summed E-state index contributed by atoms with van der Waals surface area (Å²) in [6.45, 7) is 10.6. The average Bonchev–Trinajstić information content (AvgIpc) is 2.78. The van der Waals surface area contributed by atoms with Crippen LogP contribution in [-0.2, 0) is 23.7 Å². The van der Waals surface area contributed by atoms with Gasteiger partial charge in [0.1, 0.15) is 6.29 Å². The molecule has 190 valence electrons. The molecule has 0 saturated carbocycles. The number of unbranched alkanes of at least 4 members (excludes halogenated alkanes) is 3. The predicted octanol–water partition coefficient (Wildman–Crippen LogP) is 6.51. The molecule has 0 aromatic rings. The van der Waals surface area contributed by atoms with Gasteiger partial charge in [-0.3, -0.25) is 0 Å². The first kappa shape index (κ1) is 29.5. The number of aldehydes is 1. The minimum atomic E-state index is -0.0391. The van der Waals surface area contributed by atoms with Crippen LogP contribution in [0.5, 0.6) is 0 Å². The molecule has 1 aliphatic rings. The van der Waals surface area contributed by atoms with E-state index in [2.05, 4.69) is 27.7 Å². The molecule has 6 atom stereocenters. The van der Waals surface area contributed by atoms with Crippen LogP contribution in [0.3, 0.4) is 0 Å². The smallest absolute Gasteiger partial charge is 0.122 e. The maximum absolute atomic E-state index is 11.1. The first-order valence-corrected chi connectivity index (χ1v) is 13.4. The number of methoxy groups -OCH3 is 1. The molecule has 1 saturated heterocycles. The lowest BCUT2D eigenvalue weighted by Gasteiger charge is -2.36. The van der Waals surface area contributed by atoms with Crippen molar-refractivity contribution in [3.8, 4) is 0 Å². The van der Waals surface area contributed by atoms with Gasteiger partial charge in [0.15, 0.2) is 0 Å². The Kier molecular flexibility index (Phi) is 17.4. The molecular formula is C27H52O5. The van der Waals surface area contributed by atoms with Crippen molar-refractivity contribution >= 4 is 6.29 Å². The van der Waals surface area contributed by atoms with Gasteiger partial charge in [0, 0.05) is 33.2 Å². The van der Waals surface area contributed by atoms with E-state index in [9.17, 15) is 4.79 Å². The van der Waals surface area contributed by atoms with Gasteiger partial charge in [-0.15, -0.1) is 0 Å². The summed E-state index contributed by atoms with van der Waals surface area (Å²) in [6, 6.07) is 0. The van der Waals surface area contributed by atoms with Crippen LogP contribution in [0.25, 0.3) is 0 Å². The van der Waals surface area contributed by atoms with E-state index in [1.807, 2.05) is 0 Å². The topological polar surface area (TPSA) is 54.0 Å². The van der Waals surface area contributed by atoms with Crippen LogP contribution in [0.1, 0.15) is 111 Å². The Morgan fingerprint density at radius 2 is 1.72 bits per heavy atom. The highest BCUT2D eigenvalue weighted by molar-refractivity contribution is 5.50. The Bertz CT molecular complexity index is 444. The van der Waals surface area contributed by atoms with E-state index < -0.39 is 0 Å². The first-order valence-electron chi connectivity index (χ1n) is 13.4. The summed E-state index contributed by atoms with van der Waals surface area (Å²) in [5, 5.41) is 0. The third-order valence-corrected chi connectivity index (χ3v) is 6.75. The summed E-state index contributed by atoms with van der Waals surface area (Å²) in [5.41, 5.74) is 0. The fraction of sp³-hybridized carbons (Fsp3) is 0.963. The molecular weight excluding hydrogens is 404 g/mol. The highest BCUT2D eigenvalue weighted by Gasteiger charge is 2.32. The first-order chi connectivity index (χ1) is 15.6. The van der Waals surface area contributed by atoms with Crippen LogP contribution in [0.15, 0.2) is 0 Å². The number of hydrogen-bond donors (Lipinski definition) is 0. The second-order valence-corrected chi connectivity index (χ2v) is 9.72. The summed E-state index contributed by atoms with van der Waals surface area (Å²) in [7, 11) is 1.79. The molecule has 1 aliphatic heterocycles. The second-order valence-electron chi connectivity index (χ2n) is 9.72. The van der Waals surface area contributed by atoms with E-state index in [4.69, 9.17) is 18.9 Å². The predicted molar refractivity (Wildman–Crippen MR) is 131 cm³/mol. The van der Waals surface area contributed by atoms with Crippen LogP contribution in [0.2, 0.25) is 0 Å². The van der Waals surface area contributed by atoms with Gasteiger partial charge in [0.05, 0.1) is 30.5 Å². The Hall–Kier alpha value is -0.490. The van der Waals surface area contributed by atoms with E-state index >= 15 is 0 Å². The molecule has 32 heavy (non-hydrogen) atoms. The van der Waals surface area contributed by atoms with Gasteiger partial charge in [-0.05, 0) is 44.4 Å². The zero-order chi connectivity index (χ0) is 23.6. The van der Waals surface area contributed by atoms with Gasteiger partial charge in [-0.1, -0.05) is 59.8 Å². The Morgan fingerprint density at radius 3 is 2.38 bits per heavy atom. The minimum Gasteiger partial charge on any atom is -0.381 e. The molecule has 0 spiro atoms. The van der Waals surface area contributed by atoms with Gasteiger partial charge >= 0.3 is 0 Å². The number of carbonyl (C=O) groups excluding carboxylic acids is 1. The Morgan fingerprint density at radius 1 is 0.969 bits per heavy atom. The molecule has 0 N–H and O–H groups in total. The zero-order valence-corrected chi connectivity index (χ0v) is 21.7. The van der Waals surface area contributed by atoms with Crippen molar-refractivity contribution in [1.29, 1.82) is 0 Å². The van der Waals surface area contributed by atoms with Gasteiger partial charge in [0.2, 0.25) is 0 Å². The van der Waals surface area contributed by atoms with E-state index in [1.54, 1.807) is 7.11 Å². The lowest BCUT2D eigenvalue weighted by Crippen LogP contribution is -2.39. The maximum atomic E-state index is 11.1. The van der Waals surface area contributed by atoms with Crippen LogP contribution in [0, 0.1) is 5.92 Å². The maximum Gasteiger partial charge on any atom is 0.122 e. The van der Waals surface area contributed by atoms with Crippen molar-refractivity contribution in [3.05, 3.63) is 0 Å².